The number of nitrogens with one attached hydrogen (secondary N) is 3. The van der Waals surface area contributed by atoms with Crippen LogP contribution in [0.4, 0.5) is 0 Å². The van der Waals surface area contributed by atoms with E-state index in [1.54, 1.807) is 7.05 Å². The number of H-pyrrole nitrogens is 1. The minimum absolute atomic E-state index is 0. The fourth-order valence-corrected chi connectivity index (χ4v) is 3.58. The Morgan fingerprint density at radius 1 is 1.15 bits per heavy atom. The molecule has 0 saturated heterocycles. The summed E-state index contributed by atoms with van der Waals surface area (Å²) in [6.45, 7) is 3.86. The van der Waals surface area contributed by atoms with E-state index in [1.165, 1.54) is 9.75 Å². The maximum Gasteiger partial charge on any atom is 0.191 e. The zero-order valence-corrected chi connectivity index (χ0v) is 18.4. The number of aryl methyl sites for hydroxylation is 2. The van der Waals surface area contributed by atoms with Gasteiger partial charge < -0.3 is 15.6 Å². The van der Waals surface area contributed by atoms with Crippen molar-refractivity contribution in [3.63, 3.8) is 0 Å². The molecule has 0 aliphatic carbocycles. The molecule has 5 nitrogen and oxygen atoms in total. The van der Waals surface area contributed by atoms with Crippen molar-refractivity contribution in [3.05, 3.63) is 52.0 Å². The largest absolute Gasteiger partial charge is 0.356 e. The predicted octanol–water partition coefficient (Wildman–Crippen LogP) is 4.10. The summed E-state index contributed by atoms with van der Waals surface area (Å²) in [5, 5.41) is 6.74. The molecule has 2 aromatic heterocycles. The Hall–Kier alpha value is -1.61. The van der Waals surface area contributed by atoms with Crippen molar-refractivity contribution >= 4 is 52.3 Å². The summed E-state index contributed by atoms with van der Waals surface area (Å²) >= 11 is 1.86. The molecular weight excluding hydrogens is 457 g/mol. The average Bonchev–Trinajstić information content (AvgIpc) is 3.27. The summed E-state index contributed by atoms with van der Waals surface area (Å²) in [5.41, 5.74) is 2.13. The molecule has 0 amide bonds. The van der Waals surface area contributed by atoms with Gasteiger partial charge in [-0.1, -0.05) is 19.1 Å². The van der Waals surface area contributed by atoms with Gasteiger partial charge in [0.25, 0.3) is 0 Å². The number of fused-ring (bicyclic) bond motifs is 1. The topological polar surface area (TPSA) is 65.1 Å². The number of benzene rings is 1. The average molecular weight is 483 g/mol. The van der Waals surface area contributed by atoms with E-state index < -0.39 is 0 Å². The first-order chi connectivity index (χ1) is 12.3. The number of thiophene rings is 1. The second-order valence-corrected chi connectivity index (χ2v) is 7.13. The Balaban J connectivity index is 0.00000243. The van der Waals surface area contributed by atoms with Crippen LogP contribution in [0.25, 0.3) is 11.0 Å². The standard InChI is InChI=1S/C19H25N5S.HI/c1-3-14-10-11-15(25-14)13-22-19(20-2)21-12-6-9-18-23-16-7-4-5-8-17(16)24-18;/h4-5,7-8,10-11H,3,6,9,12-13H2,1-2H3,(H,23,24)(H2,20,21,22);1H. The number of rotatable bonds is 7. The summed E-state index contributed by atoms with van der Waals surface area (Å²) in [5.74, 6) is 1.88. The van der Waals surface area contributed by atoms with E-state index in [9.17, 15) is 0 Å². The molecule has 0 unspecified atom stereocenters. The fraction of sp³-hybridized carbons (Fsp3) is 0.368. The molecule has 1 aromatic carbocycles. The first kappa shape index (κ1) is 20.7. The number of hydrogen-bond donors (Lipinski definition) is 3. The Labute approximate surface area is 175 Å². The van der Waals surface area contributed by atoms with Crippen LogP contribution in [0.15, 0.2) is 41.4 Å². The van der Waals surface area contributed by atoms with Crippen LogP contribution in [0.5, 0.6) is 0 Å². The highest BCUT2D eigenvalue weighted by molar-refractivity contribution is 14.0. The monoisotopic (exact) mass is 483 g/mol. The number of imidazole rings is 1. The van der Waals surface area contributed by atoms with Crippen molar-refractivity contribution in [1.82, 2.24) is 20.6 Å². The maximum absolute atomic E-state index is 4.61. The minimum Gasteiger partial charge on any atom is -0.356 e. The zero-order valence-electron chi connectivity index (χ0n) is 15.2. The van der Waals surface area contributed by atoms with Crippen molar-refractivity contribution in [1.29, 1.82) is 0 Å². The van der Waals surface area contributed by atoms with Crippen LogP contribution in [0.1, 0.15) is 28.9 Å². The summed E-state index contributed by atoms with van der Waals surface area (Å²) in [4.78, 5) is 15.0. The normalized spacial score (nSPS) is 11.4. The van der Waals surface area contributed by atoms with Crippen molar-refractivity contribution in [2.45, 2.75) is 32.7 Å². The van der Waals surface area contributed by atoms with E-state index in [4.69, 9.17) is 0 Å². The van der Waals surface area contributed by atoms with Crippen LogP contribution in [-0.2, 0) is 19.4 Å². The lowest BCUT2D eigenvalue weighted by molar-refractivity contribution is 0.727. The first-order valence-corrected chi connectivity index (χ1v) is 9.56. The van der Waals surface area contributed by atoms with Gasteiger partial charge in [-0.25, -0.2) is 4.98 Å². The van der Waals surface area contributed by atoms with Crippen molar-refractivity contribution in [2.24, 2.45) is 4.99 Å². The molecule has 0 radical (unpaired) electrons. The van der Waals surface area contributed by atoms with E-state index in [2.05, 4.69) is 50.7 Å². The third-order valence-electron chi connectivity index (χ3n) is 4.04. The molecule has 0 saturated carbocycles. The lowest BCUT2D eigenvalue weighted by atomic mass is 10.3. The van der Waals surface area contributed by atoms with Crippen LogP contribution >= 0.6 is 35.3 Å². The molecule has 140 valence electrons. The van der Waals surface area contributed by atoms with E-state index >= 15 is 0 Å². The van der Waals surface area contributed by atoms with Gasteiger partial charge in [0.2, 0.25) is 0 Å². The first-order valence-electron chi connectivity index (χ1n) is 8.74. The number of aromatic amines is 1. The van der Waals surface area contributed by atoms with E-state index in [-0.39, 0.29) is 24.0 Å². The second-order valence-electron chi connectivity index (χ2n) is 5.88. The Kier molecular flexibility index (Phi) is 8.37. The lowest BCUT2D eigenvalue weighted by Crippen LogP contribution is -2.37. The van der Waals surface area contributed by atoms with Gasteiger partial charge in [0.15, 0.2) is 5.96 Å². The van der Waals surface area contributed by atoms with E-state index in [0.29, 0.717) is 0 Å². The van der Waals surface area contributed by atoms with Crippen LogP contribution in [0, 0.1) is 0 Å². The molecule has 0 bridgehead atoms. The van der Waals surface area contributed by atoms with E-state index in [0.717, 1.165) is 55.2 Å². The number of aliphatic imine (C=N–C) groups is 1. The van der Waals surface area contributed by atoms with Crippen LogP contribution in [0.2, 0.25) is 0 Å². The van der Waals surface area contributed by atoms with Gasteiger partial charge in [-0.2, -0.15) is 0 Å². The van der Waals surface area contributed by atoms with Gasteiger partial charge in [-0.15, -0.1) is 35.3 Å². The summed E-state index contributed by atoms with van der Waals surface area (Å²) in [6, 6.07) is 12.5. The number of aromatic nitrogens is 2. The third kappa shape index (κ3) is 5.70. The second kappa shape index (κ2) is 10.5. The van der Waals surface area contributed by atoms with Crippen LogP contribution < -0.4 is 10.6 Å². The molecule has 3 N–H and O–H groups in total. The smallest absolute Gasteiger partial charge is 0.191 e. The number of para-hydroxylation sites is 2. The SMILES string of the molecule is CCc1ccc(CNC(=NC)NCCCc2nc3ccccc3[nH]2)s1.I. The Bertz CT molecular complexity index is 806. The molecule has 0 spiro atoms. The maximum atomic E-state index is 4.61. The Morgan fingerprint density at radius 2 is 1.96 bits per heavy atom. The molecule has 26 heavy (non-hydrogen) atoms. The predicted molar refractivity (Wildman–Crippen MR) is 122 cm³/mol. The molecule has 2 heterocycles. The van der Waals surface area contributed by atoms with Crippen LogP contribution in [0.3, 0.4) is 0 Å². The van der Waals surface area contributed by atoms with Gasteiger partial charge in [-0.3, -0.25) is 4.99 Å². The zero-order chi connectivity index (χ0) is 17.5. The highest BCUT2D eigenvalue weighted by Gasteiger charge is 2.03. The van der Waals surface area contributed by atoms with Gasteiger partial charge in [0, 0.05) is 29.8 Å². The van der Waals surface area contributed by atoms with Gasteiger partial charge in [0.05, 0.1) is 17.6 Å². The van der Waals surface area contributed by atoms with Crippen molar-refractivity contribution in [2.75, 3.05) is 13.6 Å². The minimum atomic E-state index is 0. The molecule has 3 rings (SSSR count). The number of nitrogens with zero attached hydrogens (tertiary/aromatic N) is 2. The van der Waals surface area contributed by atoms with Gasteiger partial charge >= 0.3 is 0 Å². The van der Waals surface area contributed by atoms with Gasteiger partial charge in [-0.05, 0) is 37.1 Å². The highest BCUT2D eigenvalue weighted by atomic mass is 127. The van der Waals surface area contributed by atoms with Crippen LogP contribution in [-0.4, -0.2) is 29.5 Å². The molecular formula is C19H26IN5S. The molecule has 0 atom stereocenters. The summed E-state index contributed by atoms with van der Waals surface area (Å²) in [6.07, 6.45) is 3.02. The fourth-order valence-electron chi connectivity index (χ4n) is 2.69. The van der Waals surface area contributed by atoms with Gasteiger partial charge in [0.1, 0.15) is 5.82 Å². The molecule has 3 aromatic rings. The quantitative estimate of drug-likeness (QED) is 0.205. The van der Waals surface area contributed by atoms with Crippen molar-refractivity contribution in [3.8, 4) is 0 Å². The summed E-state index contributed by atoms with van der Waals surface area (Å²) < 4.78 is 0. The summed E-state index contributed by atoms with van der Waals surface area (Å²) in [7, 11) is 1.81. The lowest BCUT2D eigenvalue weighted by Gasteiger charge is -2.10. The van der Waals surface area contributed by atoms with Crippen molar-refractivity contribution < 1.29 is 0 Å². The molecule has 0 aliphatic heterocycles. The number of guanidine groups is 1. The molecule has 7 heteroatoms. The third-order valence-corrected chi connectivity index (χ3v) is 5.27. The number of hydrogen-bond acceptors (Lipinski definition) is 3. The highest BCUT2D eigenvalue weighted by Crippen LogP contribution is 2.16. The number of halogens is 1. The molecule has 0 fully saturated rings. The van der Waals surface area contributed by atoms with E-state index in [1.807, 2.05) is 29.5 Å². The Morgan fingerprint density at radius 3 is 2.69 bits per heavy atom. The molecule has 0 aliphatic rings.